The first kappa shape index (κ1) is 8.03. The molecule has 1 N–H and O–H groups in total. The van der Waals surface area contributed by atoms with Crippen molar-refractivity contribution in [1.29, 1.82) is 5.26 Å². The monoisotopic (exact) mass is 166 g/mol. The second-order valence-corrected chi connectivity index (χ2v) is 3.89. The van der Waals surface area contributed by atoms with Gasteiger partial charge in [0.2, 0.25) is 0 Å². The number of hydrogen-bond donors (Lipinski definition) is 1. The van der Waals surface area contributed by atoms with Crippen molar-refractivity contribution in [3.8, 4) is 6.07 Å². The summed E-state index contributed by atoms with van der Waals surface area (Å²) in [5.74, 6) is -0.175. The molecule has 0 bridgehead atoms. The van der Waals surface area contributed by atoms with Gasteiger partial charge in [0, 0.05) is 18.6 Å². The Balaban J connectivity index is 2.07. The Kier molecular flexibility index (Phi) is 1.82. The molecule has 2 aliphatic rings. The average Bonchev–Trinajstić information content (AvgIpc) is 2.80. The zero-order valence-corrected chi connectivity index (χ0v) is 7.27. The fourth-order valence-electron chi connectivity index (χ4n) is 2.11. The van der Waals surface area contributed by atoms with Crippen LogP contribution in [0.4, 0.5) is 0 Å². The minimum absolute atomic E-state index is 0.175. The molecular formula is C9H14N2O. The summed E-state index contributed by atoms with van der Waals surface area (Å²) >= 11 is 0. The van der Waals surface area contributed by atoms with Gasteiger partial charge in [0.25, 0.3) is 0 Å². The van der Waals surface area contributed by atoms with Gasteiger partial charge in [-0.3, -0.25) is 4.90 Å². The van der Waals surface area contributed by atoms with Crippen LogP contribution >= 0.6 is 0 Å². The van der Waals surface area contributed by atoms with E-state index in [4.69, 9.17) is 5.26 Å². The SMILES string of the molecule is CC1C(C#N)C(O)CN1C1CC1. The molecule has 1 heterocycles. The number of β-amino-alcohol motifs (C(OH)–C–C–N with tert-alkyl or cyclic N) is 1. The molecule has 2 fully saturated rings. The van der Waals surface area contributed by atoms with E-state index >= 15 is 0 Å². The quantitative estimate of drug-likeness (QED) is 0.611. The van der Waals surface area contributed by atoms with E-state index < -0.39 is 6.10 Å². The molecule has 1 saturated carbocycles. The first-order valence-electron chi connectivity index (χ1n) is 4.57. The molecule has 1 aliphatic carbocycles. The molecule has 1 saturated heterocycles. The summed E-state index contributed by atoms with van der Waals surface area (Å²) in [6.07, 6.45) is 2.07. The van der Waals surface area contributed by atoms with Gasteiger partial charge < -0.3 is 5.11 Å². The largest absolute Gasteiger partial charge is 0.390 e. The number of aliphatic hydroxyl groups excluding tert-OH is 1. The molecule has 0 radical (unpaired) electrons. The maximum absolute atomic E-state index is 9.54. The Morgan fingerprint density at radius 2 is 2.17 bits per heavy atom. The minimum atomic E-state index is -0.425. The molecule has 0 aromatic heterocycles. The van der Waals surface area contributed by atoms with E-state index in [9.17, 15) is 5.11 Å². The molecule has 12 heavy (non-hydrogen) atoms. The highest BCUT2D eigenvalue weighted by atomic mass is 16.3. The lowest BCUT2D eigenvalue weighted by molar-refractivity contribution is 0.157. The van der Waals surface area contributed by atoms with Crippen LogP contribution in [0.2, 0.25) is 0 Å². The third kappa shape index (κ3) is 1.12. The van der Waals surface area contributed by atoms with Crippen LogP contribution in [0.3, 0.4) is 0 Å². The molecule has 0 amide bonds. The van der Waals surface area contributed by atoms with Gasteiger partial charge in [-0.1, -0.05) is 0 Å². The van der Waals surface area contributed by atoms with E-state index in [1.807, 2.05) is 6.92 Å². The summed E-state index contributed by atoms with van der Waals surface area (Å²) in [4.78, 5) is 2.28. The third-order valence-electron chi connectivity index (χ3n) is 3.02. The zero-order chi connectivity index (χ0) is 8.72. The predicted octanol–water partition coefficient (Wildman–Crippen LogP) is 0.354. The molecule has 0 aromatic carbocycles. The van der Waals surface area contributed by atoms with E-state index in [-0.39, 0.29) is 12.0 Å². The highest BCUT2D eigenvalue weighted by molar-refractivity contribution is 5.05. The minimum Gasteiger partial charge on any atom is -0.390 e. The Hall–Kier alpha value is -0.590. The summed E-state index contributed by atoms with van der Waals surface area (Å²) in [6, 6.07) is 3.09. The summed E-state index contributed by atoms with van der Waals surface area (Å²) in [5.41, 5.74) is 0. The number of rotatable bonds is 1. The van der Waals surface area contributed by atoms with Crippen LogP contribution in [0, 0.1) is 17.2 Å². The molecule has 3 heteroatoms. The highest BCUT2D eigenvalue weighted by Gasteiger charge is 2.44. The number of likely N-dealkylation sites (tertiary alicyclic amines) is 1. The maximum atomic E-state index is 9.54. The van der Waals surface area contributed by atoms with Gasteiger partial charge in [-0.05, 0) is 19.8 Å². The van der Waals surface area contributed by atoms with Gasteiger partial charge in [-0.25, -0.2) is 0 Å². The Morgan fingerprint density at radius 3 is 2.58 bits per heavy atom. The molecule has 0 aromatic rings. The summed E-state index contributed by atoms with van der Waals surface area (Å²) < 4.78 is 0. The summed E-state index contributed by atoms with van der Waals surface area (Å²) in [5, 5.41) is 18.3. The van der Waals surface area contributed by atoms with Crippen LogP contribution in [0.25, 0.3) is 0 Å². The van der Waals surface area contributed by atoms with Crippen molar-refractivity contribution in [1.82, 2.24) is 4.90 Å². The average molecular weight is 166 g/mol. The first-order valence-corrected chi connectivity index (χ1v) is 4.57. The van der Waals surface area contributed by atoms with E-state index in [0.29, 0.717) is 12.6 Å². The summed E-state index contributed by atoms with van der Waals surface area (Å²) in [6.45, 7) is 2.74. The lowest BCUT2D eigenvalue weighted by Gasteiger charge is -2.20. The molecule has 0 spiro atoms. The predicted molar refractivity (Wildman–Crippen MR) is 44.3 cm³/mol. The number of nitrogens with zero attached hydrogens (tertiary/aromatic N) is 2. The van der Waals surface area contributed by atoms with Crippen molar-refractivity contribution >= 4 is 0 Å². The number of aliphatic hydroxyl groups is 1. The van der Waals surface area contributed by atoms with Gasteiger partial charge >= 0.3 is 0 Å². The number of hydrogen-bond acceptors (Lipinski definition) is 3. The van der Waals surface area contributed by atoms with Gasteiger partial charge in [-0.15, -0.1) is 0 Å². The van der Waals surface area contributed by atoms with Gasteiger partial charge in [0.05, 0.1) is 18.1 Å². The molecule has 66 valence electrons. The molecule has 3 unspecified atom stereocenters. The molecule has 3 atom stereocenters. The van der Waals surface area contributed by atoms with Crippen LogP contribution in [0.5, 0.6) is 0 Å². The summed E-state index contributed by atoms with van der Waals surface area (Å²) in [7, 11) is 0. The van der Waals surface area contributed by atoms with E-state index in [0.717, 1.165) is 0 Å². The zero-order valence-electron chi connectivity index (χ0n) is 7.27. The van der Waals surface area contributed by atoms with Gasteiger partial charge in [0.15, 0.2) is 0 Å². The molecule has 2 rings (SSSR count). The van der Waals surface area contributed by atoms with Gasteiger partial charge in [-0.2, -0.15) is 5.26 Å². The second kappa shape index (κ2) is 2.72. The van der Waals surface area contributed by atoms with Crippen LogP contribution in [0.1, 0.15) is 19.8 Å². The van der Waals surface area contributed by atoms with Crippen molar-refractivity contribution in [3.63, 3.8) is 0 Å². The lowest BCUT2D eigenvalue weighted by Crippen LogP contribution is -2.31. The van der Waals surface area contributed by atoms with E-state index in [1.165, 1.54) is 12.8 Å². The van der Waals surface area contributed by atoms with Crippen LogP contribution in [-0.4, -0.2) is 34.7 Å². The number of nitriles is 1. The maximum Gasteiger partial charge on any atom is 0.0887 e. The van der Waals surface area contributed by atoms with Gasteiger partial charge in [0.1, 0.15) is 0 Å². The first-order chi connectivity index (χ1) is 5.74. The molecule has 3 nitrogen and oxygen atoms in total. The fraction of sp³-hybridized carbons (Fsp3) is 0.889. The van der Waals surface area contributed by atoms with Crippen molar-refractivity contribution < 1.29 is 5.11 Å². The smallest absolute Gasteiger partial charge is 0.0887 e. The fourth-order valence-corrected chi connectivity index (χ4v) is 2.11. The molecular weight excluding hydrogens is 152 g/mol. The lowest BCUT2D eigenvalue weighted by atomic mass is 10.0. The second-order valence-electron chi connectivity index (χ2n) is 3.89. The van der Waals surface area contributed by atoms with Crippen LogP contribution < -0.4 is 0 Å². The van der Waals surface area contributed by atoms with Crippen molar-refractivity contribution in [2.75, 3.05) is 6.54 Å². The Bertz CT molecular complexity index is 219. The standard InChI is InChI=1S/C9H14N2O/c1-6-8(4-10)9(12)5-11(6)7-2-3-7/h6-9,12H,2-3,5H2,1H3. The van der Waals surface area contributed by atoms with Crippen molar-refractivity contribution in [2.45, 2.75) is 38.0 Å². The van der Waals surface area contributed by atoms with E-state index in [1.54, 1.807) is 0 Å². The van der Waals surface area contributed by atoms with E-state index in [2.05, 4.69) is 11.0 Å². The Labute approximate surface area is 72.6 Å². The van der Waals surface area contributed by atoms with Crippen molar-refractivity contribution in [2.24, 2.45) is 5.92 Å². The third-order valence-corrected chi connectivity index (χ3v) is 3.02. The van der Waals surface area contributed by atoms with Crippen molar-refractivity contribution in [3.05, 3.63) is 0 Å². The normalized spacial score (nSPS) is 42.9. The highest BCUT2D eigenvalue weighted by Crippen LogP contribution is 2.35. The molecule has 1 aliphatic heterocycles. The Morgan fingerprint density at radius 1 is 1.50 bits per heavy atom. The topological polar surface area (TPSA) is 47.3 Å². The van der Waals surface area contributed by atoms with Crippen LogP contribution in [-0.2, 0) is 0 Å². The van der Waals surface area contributed by atoms with Crippen LogP contribution in [0.15, 0.2) is 0 Å².